The second-order valence-corrected chi connectivity index (χ2v) is 4.63. The van der Waals surface area contributed by atoms with Gasteiger partial charge in [-0.15, -0.1) is 24.8 Å². The van der Waals surface area contributed by atoms with Gasteiger partial charge < -0.3 is 5.73 Å². The lowest BCUT2D eigenvalue weighted by molar-refractivity contribution is 0.104. The quantitative estimate of drug-likeness (QED) is 0.917. The van der Waals surface area contributed by atoms with Crippen LogP contribution in [0.25, 0.3) is 0 Å². The number of hydrogen-bond acceptors (Lipinski definition) is 4. The molecule has 1 saturated heterocycles. The Morgan fingerprint density at radius 1 is 1.26 bits per heavy atom. The first kappa shape index (κ1) is 18.6. The Bertz CT molecular complexity index is 329. The second-order valence-electron chi connectivity index (χ2n) is 4.63. The monoisotopic (exact) mass is 306 g/mol. The zero-order chi connectivity index (χ0) is 12.1. The van der Waals surface area contributed by atoms with Gasteiger partial charge in [0.15, 0.2) is 0 Å². The van der Waals surface area contributed by atoms with Crippen LogP contribution in [0, 0.1) is 0 Å². The van der Waals surface area contributed by atoms with Crippen molar-refractivity contribution in [1.82, 2.24) is 14.8 Å². The molecule has 0 spiro atoms. The average molecular weight is 307 g/mol. The highest BCUT2D eigenvalue weighted by molar-refractivity contribution is 5.85. The molecule has 2 N–H and O–H groups in total. The molecule has 6 heteroatoms. The second kappa shape index (κ2) is 9.50. The number of nitrogens with two attached hydrogens (primary N) is 1. The molecule has 4 nitrogen and oxygen atoms in total. The Balaban J connectivity index is 0.00000162. The van der Waals surface area contributed by atoms with Crippen LogP contribution >= 0.6 is 24.8 Å². The summed E-state index contributed by atoms with van der Waals surface area (Å²) in [7, 11) is 0. The van der Waals surface area contributed by atoms with Gasteiger partial charge in [-0.1, -0.05) is 6.07 Å². The normalized spacial score (nSPS) is 18.2. The van der Waals surface area contributed by atoms with Crippen LogP contribution in [-0.4, -0.2) is 54.1 Å². The van der Waals surface area contributed by atoms with Crippen LogP contribution < -0.4 is 5.73 Å². The van der Waals surface area contributed by atoms with E-state index in [0.717, 1.165) is 39.3 Å². The van der Waals surface area contributed by atoms with Crippen LogP contribution in [0.3, 0.4) is 0 Å². The Hall–Kier alpha value is -0.390. The van der Waals surface area contributed by atoms with Crippen LogP contribution in [0.4, 0.5) is 0 Å². The highest BCUT2D eigenvalue weighted by Gasteiger charge is 2.21. The fourth-order valence-electron chi connectivity index (χ4n) is 2.39. The maximum atomic E-state index is 5.58. The lowest BCUT2D eigenvalue weighted by atomic mass is 10.1. The molecule has 0 amide bonds. The molecule has 0 saturated carbocycles. The molecule has 1 atom stereocenters. The van der Waals surface area contributed by atoms with E-state index in [-0.39, 0.29) is 24.8 Å². The van der Waals surface area contributed by atoms with E-state index in [1.54, 1.807) is 0 Å². The third kappa shape index (κ3) is 5.24. The van der Waals surface area contributed by atoms with E-state index in [1.165, 1.54) is 5.56 Å². The summed E-state index contributed by atoms with van der Waals surface area (Å²) in [5.41, 5.74) is 6.89. The zero-order valence-electron chi connectivity index (χ0n) is 11.4. The molecule has 2 heterocycles. The van der Waals surface area contributed by atoms with Gasteiger partial charge >= 0.3 is 0 Å². The van der Waals surface area contributed by atoms with Gasteiger partial charge in [0.2, 0.25) is 0 Å². The molecule has 0 bridgehead atoms. The molecule has 0 radical (unpaired) electrons. The van der Waals surface area contributed by atoms with E-state index in [1.807, 2.05) is 18.5 Å². The largest absolute Gasteiger partial charge is 0.329 e. The average Bonchev–Trinajstić information content (AvgIpc) is 2.40. The van der Waals surface area contributed by atoms with Crippen molar-refractivity contribution >= 4 is 24.8 Å². The van der Waals surface area contributed by atoms with Gasteiger partial charge in [0, 0.05) is 57.7 Å². The topological polar surface area (TPSA) is 45.4 Å². The minimum absolute atomic E-state index is 0. The van der Waals surface area contributed by atoms with Crippen LogP contribution in [0.15, 0.2) is 24.5 Å². The molecular formula is C13H24Cl2N4. The van der Waals surface area contributed by atoms with Crippen molar-refractivity contribution in [3.63, 3.8) is 0 Å². The summed E-state index contributed by atoms with van der Waals surface area (Å²) < 4.78 is 0. The summed E-state index contributed by atoms with van der Waals surface area (Å²) in [6.45, 7) is 8.54. The van der Waals surface area contributed by atoms with E-state index in [4.69, 9.17) is 5.73 Å². The molecule has 1 unspecified atom stereocenters. The van der Waals surface area contributed by atoms with E-state index < -0.39 is 0 Å². The molecule has 19 heavy (non-hydrogen) atoms. The molecule has 1 aliphatic heterocycles. The number of aromatic nitrogens is 1. The Labute approximate surface area is 128 Å². The van der Waals surface area contributed by atoms with E-state index >= 15 is 0 Å². The summed E-state index contributed by atoms with van der Waals surface area (Å²) in [4.78, 5) is 9.15. The van der Waals surface area contributed by atoms with Gasteiger partial charge in [-0.3, -0.25) is 14.8 Å². The van der Waals surface area contributed by atoms with Crippen molar-refractivity contribution in [1.29, 1.82) is 0 Å². The summed E-state index contributed by atoms with van der Waals surface area (Å²) in [6.07, 6.45) is 3.80. The number of hydrogen-bond donors (Lipinski definition) is 1. The molecule has 1 aromatic heterocycles. The summed E-state index contributed by atoms with van der Waals surface area (Å²) in [6, 6.07) is 4.63. The fraction of sp³-hybridized carbons (Fsp3) is 0.615. The minimum atomic E-state index is 0. The lowest BCUT2D eigenvalue weighted by Gasteiger charge is -2.38. The lowest BCUT2D eigenvalue weighted by Crippen LogP contribution is -2.48. The maximum Gasteiger partial charge on any atom is 0.0336 e. The van der Waals surface area contributed by atoms with Gasteiger partial charge in [-0.25, -0.2) is 0 Å². The first-order valence-corrected chi connectivity index (χ1v) is 6.37. The Kier molecular flexibility index (Phi) is 9.31. The zero-order valence-corrected chi connectivity index (χ0v) is 13.0. The van der Waals surface area contributed by atoms with Gasteiger partial charge in [0.05, 0.1) is 0 Å². The molecule has 0 aromatic carbocycles. The van der Waals surface area contributed by atoms with E-state index in [0.29, 0.717) is 6.04 Å². The first-order valence-electron chi connectivity index (χ1n) is 6.37. The standard InChI is InChI=1S/C13H22N4.2ClH/c1-12(13-3-2-5-15-11-13)17-9-7-16(6-4-14)8-10-17;;/h2-3,5,11-12H,4,6-10,14H2,1H3;2*1H. The molecule has 1 aliphatic rings. The molecule has 2 rings (SSSR count). The molecule has 1 fully saturated rings. The van der Waals surface area contributed by atoms with Crippen molar-refractivity contribution in [2.24, 2.45) is 5.73 Å². The van der Waals surface area contributed by atoms with Crippen molar-refractivity contribution < 1.29 is 0 Å². The smallest absolute Gasteiger partial charge is 0.0336 e. The number of halogens is 2. The summed E-state index contributed by atoms with van der Waals surface area (Å²) >= 11 is 0. The molecule has 110 valence electrons. The third-order valence-corrected chi connectivity index (χ3v) is 3.57. The van der Waals surface area contributed by atoms with E-state index in [2.05, 4.69) is 27.8 Å². The van der Waals surface area contributed by atoms with Crippen LogP contribution in [-0.2, 0) is 0 Å². The predicted octanol–water partition coefficient (Wildman–Crippen LogP) is 1.56. The highest BCUT2D eigenvalue weighted by Crippen LogP contribution is 2.20. The number of nitrogens with zero attached hydrogens (tertiary/aromatic N) is 3. The molecule has 1 aromatic rings. The SMILES string of the molecule is CC(c1cccnc1)N1CCN(CCN)CC1.Cl.Cl. The van der Waals surface area contributed by atoms with Gasteiger partial charge in [0.25, 0.3) is 0 Å². The van der Waals surface area contributed by atoms with Gasteiger partial charge in [-0.2, -0.15) is 0 Å². The predicted molar refractivity (Wildman–Crippen MR) is 84.2 cm³/mol. The minimum Gasteiger partial charge on any atom is -0.329 e. The van der Waals surface area contributed by atoms with E-state index in [9.17, 15) is 0 Å². The van der Waals surface area contributed by atoms with Crippen molar-refractivity contribution in [2.45, 2.75) is 13.0 Å². The Morgan fingerprint density at radius 3 is 2.47 bits per heavy atom. The van der Waals surface area contributed by atoms with Gasteiger partial charge in [-0.05, 0) is 18.6 Å². The molecular weight excluding hydrogens is 283 g/mol. The van der Waals surface area contributed by atoms with Crippen LogP contribution in [0.5, 0.6) is 0 Å². The summed E-state index contributed by atoms with van der Waals surface area (Å²) in [5, 5.41) is 0. The van der Waals surface area contributed by atoms with Crippen molar-refractivity contribution in [2.75, 3.05) is 39.3 Å². The third-order valence-electron chi connectivity index (χ3n) is 3.57. The van der Waals surface area contributed by atoms with Crippen molar-refractivity contribution in [3.8, 4) is 0 Å². The summed E-state index contributed by atoms with van der Waals surface area (Å²) in [5.74, 6) is 0. The van der Waals surface area contributed by atoms with Crippen LogP contribution in [0.2, 0.25) is 0 Å². The first-order chi connectivity index (χ1) is 8.31. The van der Waals surface area contributed by atoms with Gasteiger partial charge in [0.1, 0.15) is 0 Å². The fourth-order valence-corrected chi connectivity index (χ4v) is 2.39. The maximum absolute atomic E-state index is 5.58. The molecule has 0 aliphatic carbocycles. The number of pyridine rings is 1. The van der Waals surface area contributed by atoms with Crippen molar-refractivity contribution in [3.05, 3.63) is 30.1 Å². The highest BCUT2D eigenvalue weighted by atomic mass is 35.5. The number of piperazine rings is 1. The number of rotatable bonds is 4. The Morgan fingerprint density at radius 2 is 1.95 bits per heavy atom. The van der Waals surface area contributed by atoms with Crippen LogP contribution in [0.1, 0.15) is 18.5 Å².